The number of nitrogens with zero attached hydrogens (tertiary/aromatic N) is 4. The van der Waals surface area contributed by atoms with E-state index in [4.69, 9.17) is 9.97 Å². The molecule has 4 heteroatoms. The molecule has 11 aromatic rings. The Bertz CT molecular complexity index is 2980. The maximum absolute atomic E-state index is 5.37. The van der Waals surface area contributed by atoms with Gasteiger partial charge >= 0.3 is 0 Å². The Labute approximate surface area is 275 Å². The molecule has 0 aliphatic heterocycles. The van der Waals surface area contributed by atoms with Gasteiger partial charge < -0.3 is 4.40 Å². The monoisotopic (exact) mass is 610 g/mol. The number of hydrogen-bond donors (Lipinski definition) is 0. The highest BCUT2D eigenvalue weighted by Crippen LogP contribution is 2.48. The van der Waals surface area contributed by atoms with E-state index >= 15 is 0 Å². The quantitative estimate of drug-likeness (QED) is 0.199. The summed E-state index contributed by atoms with van der Waals surface area (Å²) in [6.45, 7) is 0. The van der Waals surface area contributed by atoms with Gasteiger partial charge in [0.2, 0.25) is 0 Å². The van der Waals surface area contributed by atoms with Gasteiger partial charge in [-0.25, -0.2) is 9.97 Å². The van der Waals surface area contributed by atoms with Gasteiger partial charge in [0, 0.05) is 49.5 Å². The number of benzene rings is 7. The average molecular weight is 611 g/mol. The van der Waals surface area contributed by atoms with Crippen LogP contribution in [0.3, 0.4) is 0 Å². The van der Waals surface area contributed by atoms with E-state index in [1.165, 1.54) is 59.6 Å². The molecule has 0 fully saturated rings. The molecule has 0 atom stereocenters. The third kappa shape index (κ3) is 3.33. The largest absolute Gasteiger partial charge is 0.306 e. The Morgan fingerprint density at radius 1 is 0.375 bits per heavy atom. The summed E-state index contributed by atoms with van der Waals surface area (Å²) in [5, 5.41) is 10.0. The van der Waals surface area contributed by atoms with Gasteiger partial charge in [0.1, 0.15) is 5.82 Å². The van der Waals surface area contributed by atoms with Crippen molar-refractivity contribution in [2.75, 3.05) is 0 Å². The highest BCUT2D eigenvalue weighted by Gasteiger charge is 2.26. The lowest BCUT2D eigenvalue weighted by atomic mass is 9.98. The normalized spacial score (nSPS) is 12.2. The van der Waals surface area contributed by atoms with Crippen LogP contribution in [0, 0.1) is 0 Å². The molecule has 0 radical (unpaired) electrons. The Morgan fingerprint density at radius 3 is 1.69 bits per heavy atom. The van der Waals surface area contributed by atoms with Crippen molar-refractivity contribution in [3.63, 3.8) is 0 Å². The zero-order valence-corrected chi connectivity index (χ0v) is 25.8. The Kier molecular flexibility index (Phi) is 5.08. The van der Waals surface area contributed by atoms with Gasteiger partial charge in [-0.3, -0.25) is 4.57 Å². The first-order valence-electron chi connectivity index (χ1n) is 16.4. The van der Waals surface area contributed by atoms with Gasteiger partial charge in [0.25, 0.3) is 0 Å². The van der Waals surface area contributed by atoms with Gasteiger partial charge in [-0.1, -0.05) is 140 Å². The van der Waals surface area contributed by atoms with E-state index in [2.05, 4.69) is 142 Å². The first-order chi connectivity index (χ1) is 23.8. The van der Waals surface area contributed by atoms with E-state index < -0.39 is 0 Å². The summed E-state index contributed by atoms with van der Waals surface area (Å²) in [6.07, 6.45) is 0. The predicted octanol–water partition coefficient (Wildman–Crippen LogP) is 11.2. The zero-order chi connectivity index (χ0) is 31.3. The van der Waals surface area contributed by atoms with Crippen molar-refractivity contribution in [3.05, 3.63) is 158 Å². The molecule has 0 N–H and O–H groups in total. The van der Waals surface area contributed by atoms with Crippen molar-refractivity contribution < 1.29 is 0 Å². The van der Waals surface area contributed by atoms with E-state index in [0.717, 1.165) is 33.7 Å². The van der Waals surface area contributed by atoms with E-state index in [9.17, 15) is 0 Å². The van der Waals surface area contributed by atoms with Gasteiger partial charge in [-0.15, -0.1) is 0 Å². The third-order valence-electron chi connectivity index (χ3n) is 10.0. The summed E-state index contributed by atoms with van der Waals surface area (Å²) in [5.41, 5.74) is 8.88. The van der Waals surface area contributed by atoms with Crippen LogP contribution in [-0.4, -0.2) is 18.9 Å². The molecular weight excluding hydrogens is 585 g/mol. The van der Waals surface area contributed by atoms with Crippen LogP contribution in [0.5, 0.6) is 0 Å². The molecule has 0 saturated heterocycles. The fourth-order valence-corrected chi connectivity index (χ4v) is 8.10. The van der Waals surface area contributed by atoms with Gasteiger partial charge in [0.05, 0.1) is 33.3 Å². The molecule has 0 amide bonds. The topological polar surface area (TPSA) is 35.1 Å². The van der Waals surface area contributed by atoms with E-state index in [0.29, 0.717) is 5.82 Å². The predicted molar refractivity (Wildman–Crippen MR) is 199 cm³/mol. The van der Waals surface area contributed by atoms with Crippen molar-refractivity contribution in [2.45, 2.75) is 0 Å². The lowest BCUT2D eigenvalue weighted by molar-refractivity contribution is 1.05. The second-order valence-corrected chi connectivity index (χ2v) is 12.6. The van der Waals surface area contributed by atoms with Crippen molar-refractivity contribution in [1.29, 1.82) is 0 Å². The summed E-state index contributed by atoms with van der Waals surface area (Å²) in [6, 6.07) is 56.1. The first kappa shape index (κ1) is 25.6. The number of aromatic nitrogens is 4. The lowest BCUT2D eigenvalue weighted by Crippen LogP contribution is -2.03. The smallest absolute Gasteiger partial charge is 0.162 e. The molecule has 4 heterocycles. The van der Waals surface area contributed by atoms with Crippen molar-refractivity contribution >= 4 is 70.7 Å². The maximum Gasteiger partial charge on any atom is 0.162 e. The molecule has 222 valence electrons. The molecule has 48 heavy (non-hydrogen) atoms. The van der Waals surface area contributed by atoms with Crippen LogP contribution in [0.15, 0.2) is 158 Å². The Hall–Kier alpha value is -6.52. The minimum Gasteiger partial charge on any atom is -0.306 e. The Morgan fingerprint density at radius 2 is 0.938 bits per heavy atom. The second-order valence-electron chi connectivity index (χ2n) is 12.6. The summed E-state index contributed by atoms with van der Waals surface area (Å²) in [5.74, 6) is 1.54. The molecule has 0 spiro atoms. The number of hydrogen-bond acceptors (Lipinski definition) is 2. The molecule has 4 aromatic heterocycles. The van der Waals surface area contributed by atoms with E-state index in [-0.39, 0.29) is 0 Å². The van der Waals surface area contributed by atoms with E-state index in [1.54, 1.807) is 0 Å². The minimum absolute atomic E-state index is 0.701. The van der Waals surface area contributed by atoms with E-state index in [1.807, 2.05) is 24.3 Å². The molecular formula is C44H26N4. The summed E-state index contributed by atoms with van der Waals surface area (Å²) in [7, 11) is 0. The molecule has 7 aromatic carbocycles. The average Bonchev–Trinajstić information content (AvgIpc) is 3.81. The molecule has 11 rings (SSSR count). The second kappa shape index (κ2) is 9.50. The number of fused-ring (bicyclic) bond motifs is 13. The first-order valence-corrected chi connectivity index (χ1v) is 16.4. The summed E-state index contributed by atoms with van der Waals surface area (Å²) >= 11 is 0. The standard InChI is InChI=1S/C44H26N4/c1-3-14-27(15-4-1)35-26-38(46-44(45-35)28-16-5-2-6-17-28)47-37-25-12-10-21-33(37)39-30-19-7-8-20-31(30)40-34-23-13-22-32-29-18-9-11-24-36(29)48(41(32)34)43(40)42(39)47/h1-26H. The van der Waals surface area contributed by atoms with Crippen LogP contribution in [0.2, 0.25) is 0 Å². The number of rotatable bonds is 3. The molecule has 4 nitrogen and oxygen atoms in total. The van der Waals surface area contributed by atoms with Crippen LogP contribution in [0.25, 0.3) is 99.1 Å². The maximum atomic E-state index is 5.37. The van der Waals surface area contributed by atoms with Crippen LogP contribution in [-0.2, 0) is 0 Å². The lowest BCUT2D eigenvalue weighted by Gasteiger charge is -2.13. The summed E-state index contributed by atoms with van der Waals surface area (Å²) < 4.78 is 4.90. The third-order valence-corrected chi connectivity index (χ3v) is 10.0. The Balaban J connectivity index is 1.42. The molecule has 0 bridgehead atoms. The SMILES string of the molecule is c1ccc(-c2cc(-n3c4ccccc4c4c5ccccc5c5c6cccc7c8ccccc8n(c76)c5c43)nc(-c3ccccc3)n2)cc1. The van der Waals surface area contributed by atoms with Crippen LogP contribution < -0.4 is 0 Å². The van der Waals surface area contributed by atoms with Crippen molar-refractivity contribution in [1.82, 2.24) is 18.9 Å². The fraction of sp³-hybridized carbons (Fsp3) is 0. The van der Waals surface area contributed by atoms with Crippen LogP contribution >= 0.6 is 0 Å². The molecule has 0 aliphatic carbocycles. The fourth-order valence-electron chi connectivity index (χ4n) is 8.10. The highest BCUT2D eigenvalue weighted by atomic mass is 15.1. The zero-order valence-electron chi connectivity index (χ0n) is 25.8. The molecule has 0 unspecified atom stereocenters. The van der Waals surface area contributed by atoms with Gasteiger partial charge in [0.15, 0.2) is 5.82 Å². The van der Waals surface area contributed by atoms with Crippen molar-refractivity contribution in [2.24, 2.45) is 0 Å². The molecule has 0 aliphatic rings. The summed E-state index contributed by atoms with van der Waals surface area (Å²) in [4.78, 5) is 10.5. The number of para-hydroxylation sites is 3. The van der Waals surface area contributed by atoms with Crippen LogP contribution in [0.1, 0.15) is 0 Å². The minimum atomic E-state index is 0.701. The van der Waals surface area contributed by atoms with Gasteiger partial charge in [-0.05, 0) is 22.9 Å². The van der Waals surface area contributed by atoms with Crippen LogP contribution in [0.4, 0.5) is 0 Å². The molecule has 0 saturated carbocycles. The van der Waals surface area contributed by atoms with Crippen molar-refractivity contribution in [3.8, 4) is 28.5 Å². The van der Waals surface area contributed by atoms with Gasteiger partial charge in [-0.2, -0.15) is 0 Å². The highest BCUT2D eigenvalue weighted by molar-refractivity contribution is 6.38.